The van der Waals surface area contributed by atoms with Gasteiger partial charge in [-0.2, -0.15) is 0 Å². The molecule has 7 heteroatoms. The number of urea groups is 1. The van der Waals surface area contributed by atoms with Crippen LogP contribution in [-0.4, -0.2) is 48.3 Å². The molecule has 2 heterocycles. The number of hydrogen-bond acceptors (Lipinski definition) is 4. The summed E-state index contributed by atoms with van der Waals surface area (Å²) in [5, 5.41) is 13.5. The van der Waals surface area contributed by atoms with Gasteiger partial charge in [-0.25, -0.2) is 9.59 Å². The number of methoxy groups -OCH3 is 1. The van der Waals surface area contributed by atoms with Gasteiger partial charge in [0.05, 0.1) is 6.10 Å². The SMILES string of the molecule is COC1CCN(C(=O)NC(C(=O)O)c2cccs2)C1. The van der Waals surface area contributed by atoms with Gasteiger partial charge in [0.2, 0.25) is 0 Å². The van der Waals surface area contributed by atoms with E-state index >= 15 is 0 Å². The number of carboxylic acid groups (broad SMARTS) is 1. The van der Waals surface area contributed by atoms with Crippen molar-refractivity contribution in [2.45, 2.75) is 18.6 Å². The van der Waals surface area contributed by atoms with Gasteiger partial charge in [-0.1, -0.05) is 6.07 Å². The van der Waals surface area contributed by atoms with Gasteiger partial charge in [0.15, 0.2) is 6.04 Å². The van der Waals surface area contributed by atoms with Crippen LogP contribution in [0.3, 0.4) is 0 Å². The van der Waals surface area contributed by atoms with Gasteiger partial charge in [0.25, 0.3) is 0 Å². The fourth-order valence-corrected chi connectivity index (χ4v) is 2.80. The first kappa shape index (κ1) is 13.8. The largest absolute Gasteiger partial charge is 0.479 e. The zero-order chi connectivity index (χ0) is 13.8. The summed E-state index contributed by atoms with van der Waals surface area (Å²) < 4.78 is 5.18. The second-order valence-electron chi connectivity index (χ2n) is 4.33. The number of hydrogen-bond donors (Lipinski definition) is 2. The standard InChI is InChI=1S/C12H16N2O4S/c1-18-8-4-5-14(7-8)12(17)13-10(11(15)16)9-3-2-6-19-9/h2-3,6,8,10H,4-5,7H2,1H3,(H,13,17)(H,15,16). The average molecular weight is 284 g/mol. The lowest BCUT2D eigenvalue weighted by molar-refractivity contribution is -0.139. The minimum Gasteiger partial charge on any atom is -0.479 e. The van der Waals surface area contributed by atoms with Gasteiger partial charge in [-0.3, -0.25) is 0 Å². The Bertz CT molecular complexity index is 449. The van der Waals surface area contributed by atoms with Crippen LogP contribution < -0.4 is 5.32 Å². The highest BCUT2D eigenvalue weighted by Crippen LogP contribution is 2.20. The Balaban J connectivity index is 1.98. The number of carbonyl (C=O) groups excluding carboxylic acids is 1. The van der Waals surface area contributed by atoms with E-state index in [4.69, 9.17) is 4.74 Å². The van der Waals surface area contributed by atoms with E-state index in [2.05, 4.69) is 5.32 Å². The Labute approximate surface area is 115 Å². The zero-order valence-electron chi connectivity index (χ0n) is 10.5. The summed E-state index contributed by atoms with van der Waals surface area (Å²) in [6, 6.07) is 2.11. The molecule has 0 radical (unpaired) electrons. The number of nitrogens with one attached hydrogen (secondary N) is 1. The van der Waals surface area contributed by atoms with E-state index in [0.29, 0.717) is 18.0 Å². The average Bonchev–Trinajstić information content (AvgIpc) is 3.05. The van der Waals surface area contributed by atoms with Crippen molar-refractivity contribution in [2.75, 3.05) is 20.2 Å². The molecule has 1 aromatic heterocycles. The highest BCUT2D eigenvalue weighted by Gasteiger charge is 2.30. The van der Waals surface area contributed by atoms with E-state index in [9.17, 15) is 14.7 Å². The number of aliphatic carboxylic acids is 1. The maximum absolute atomic E-state index is 12.0. The zero-order valence-corrected chi connectivity index (χ0v) is 11.4. The van der Waals surface area contributed by atoms with Crippen LogP contribution >= 0.6 is 11.3 Å². The Kier molecular flexibility index (Phi) is 4.39. The maximum Gasteiger partial charge on any atom is 0.331 e. The van der Waals surface area contributed by atoms with E-state index in [1.54, 1.807) is 29.5 Å². The molecule has 1 saturated heterocycles. The third-order valence-corrected chi connectivity index (χ3v) is 4.05. The lowest BCUT2D eigenvalue weighted by Crippen LogP contribution is -2.42. The third-order valence-electron chi connectivity index (χ3n) is 3.11. The number of amides is 2. The topological polar surface area (TPSA) is 78.9 Å². The van der Waals surface area contributed by atoms with Crippen LogP contribution in [-0.2, 0) is 9.53 Å². The number of likely N-dealkylation sites (tertiary alicyclic amines) is 1. The third kappa shape index (κ3) is 3.24. The second-order valence-corrected chi connectivity index (χ2v) is 5.31. The lowest BCUT2D eigenvalue weighted by Gasteiger charge is -2.20. The van der Waals surface area contributed by atoms with E-state index in [-0.39, 0.29) is 12.1 Å². The minimum atomic E-state index is -1.06. The molecule has 2 unspecified atom stereocenters. The van der Waals surface area contributed by atoms with E-state index < -0.39 is 12.0 Å². The molecule has 1 aliphatic rings. The summed E-state index contributed by atoms with van der Waals surface area (Å²) >= 11 is 1.31. The summed E-state index contributed by atoms with van der Waals surface area (Å²) in [7, 11) is 1.61. The first-order valence-corrected chi connectivity index (χ1v) is 6.84. The normalized spacial score (nSPS) is 20.3. The first-order valence-electron chi connectivity index (χ1n) is 5.96. The fourth-order valence-electron chi connectivity index (χ4n) is 2.03. The van der Waals surface area contributed by atoms with Crippen molar-refractivity contribution in [2.24, 2.45) is 0 Å². The highest BCUT2D eigenvalue weighted by atomic mass is 32.1. The lowest BCUT2D eigenvalue weighted by atomic mass is 10.2. The second kappa shape index (κ2) is 6.03. The van der Waals surface area contributed by atoms with Crippen molar-refractivity contribution < 1.29 is 19.4 Å². The van der Waals surface area contributed by atoms with E-state index in [1.165, 1.54) is 11.3 Å². The summed E-state index contributed by atoms with van der Waals surface area (Å²) in [5.41, 5.74) is 0. The molecular weight excluding hydrogens is 268 g/mol. The van der Waals surface area contributed by atoms with Gasteiger partial charge in [-0.15, -0.1) is 11.3 Å². The molecule has 0 aliphatic carbocycles. The molecule has 1 aliphatic heterocycles. The minimum absolute atomic E-state index is 0.0377. The smallest absolute Gasteiger partial charge is 0.331 e. The Morgan fingerprint density at radius 3 is 2.95 bits per heavy atom. The summed E-state index contributed by atoms with van der Waals surface area (Å²) in [4.78, 5) is 25.4. The van der Waals surface area contributed by atoms with Crippen molar-refractivity contribution in [3.05, 3.63) is 22.4 Å². The molecule has 2 N–H and O–H groups in total. The molecule has 6 nitrogen and oxygen atoms in total. The van der Waals surface area contributed by atoms with Gasteiger partial charge in [0.1, 0.15) is 0 Å². The maximum atomic E-state index is 12.0. The van der Waals surface area contributed by atoms with Crippen LogP contribution in [0.1, 0.15) is 17.3 Å². The highest BCUT2D eigenvalue weighted by molar-refractivity contribution is 7.10. The first-order chi connectivity index (χ1) is 9.11. The van der Waals surface area contributed by atoms with Crippen molar-refractivity contribution in [1.29, 1.82) is 0 Å². The van der Waals surface area contributed by atoms with Crippen LogP contribution in [0.5, 0.6) is 0 Å². The van der Waals surface area contributed by atoms with Gasteiger partial charge >= 0.3 is 12.0 Å². The molecule has 104 valence electrons. The molecule has 2 rings (SSSR count). The molecule has 2 atom stereocenters. The summed E-state index contributed by atoms with van der Waals surface area (Å²) in [6.07, 6.45) is 0.816. The van der Waals surface area contributed by atoms with Crippen LogP contribution in [0.15, 0.2) is 17.5 Å². The Morgan fingerprint density at radius 2 is 2.42 bits per heavy atom. The number of rotatable bonds is 4. The number of nitrogens with zero attached hydrogens (tertiary/aromatic N) is 1. The number of ether oxygens (including phenoxy) is 1. The quantitative estimate of drug-likeness (QED) is 0.873. The van der Waals surface area contributed by atoms with E-state index in [1.807, 2.05) is 0 Å². The molecule has 19 heavy (non-hydrogen) atoms. The fraction of sp³-hybridized carbons (Fsp3) is 0.500. The molecule has 0 aromatic carbocycles. The number of thiophene rings is 1. The van der Waals surface area contributed by atoms with Crippen LogP contribution in [0.25, 0.3) is 0 Å². The molecule has 1 aromatic rings. The molecule has 0 bridgehead atoms. The van der Waals surface area contributed by atoms with E-state index in [0.717, 1.165) is 6.42 Å². The number of carboxylic acids is 1. The Morgan fingerprint density at radius 1 is 1.63 bits per heavy atom. The van der Waals surface area contributed by atoms with Gasteiger partial charge in [-0.05, 0) is 17.9 Å². The van der Waals surface area contributed by atoms with Crippen molar-refractivity contribution in [1.82, 2.24) is 10.2 Å². The predicted octanol–water partition coefficient (Wildman–Crippen LogP) is 1.30. The molecule has 0 saturated carbocycles. The molecular formula is C12H16N2O4S. The molecule has 0 spiro atoms. The summed E-state index contributed by atoms with van der Waals surface area (Å²) in [6.45, 7) is 1.08. The van der Waals surface area contributed by atoms with Crippen LogP contribution in [0.2, 0.25) is 0 Å². The predicted molar refractivity (Wildman–Crippen MR) is 70.2 cm³/mol. The van der Waals surface area contributed by atoms with Gasteiger partial charge < -0.3 is 20.1 Å². The van der Waals surface area contributed by atoms with Crippen LogP contribution in [0, 0.1) is 0 Å². The molecule has 1 fully saturated rings. The van der Waals surface area contributed by atoms with Gasteiger partial charge in [0, 0.05) is 25.1 Å². The van der Waals surface area contributed by atoms with Crippen LogP contribution in [0.4, 0.5) is 4.79 Å². The Hall–Kier alpha value is -1.60. The summed E-state index contributed by atoms with van der Waals surface area (Å²) in [5.74, 6) is -1.06. The molecule has 2 amide bonds. The van der Waals surface area contributed by atoms with Crippen molar-refractivity contribution in [3.63, 3.8) is 0 Å². The monoisotopic (exact) mass is 284 g/mol. The van der Waals surface area contributed by atoms with Crippen molar-refractivity contribution >= 4 is 23.3 Å². The van der Waals surface area contributed by atoms with Crippen molar-refractivity contribution in [3.8, 4) is 0 Å². The number of carbonyl (C=O) groups is 2.